The molecule has 1 unspecified atom stereocenters. The monoisotopic (exact) mass is 297 g/mol. The van der Waals surface area contributed by atoms with Crippen molar-refractivity contribution in [3.8, 4) is 5.75 Å². The van der Waals surface area contributed by atoms with E-state index in [1.54, 1.807) is 7.11 Å². The predicted octanol–water partition coefficient (Wildman–Crippen LogP) is 1.06. The Balaban J connectivity index is 2.93. The summed E-state index contributed by atoms with van der Waals surface area (Å²) < 4.78 is 7.59. The lowest BCUT2D eigenvalue weighted by molar-refractivity contribution is 0.329. The van der Waals surface area contributed by atoms with Gasteiger partial charge >= 0.3 is 0 Å². The minimum atomic E-state index is 0.261. The molecule has 0 saturated heterocycles. The lowest BCUT2D eigenvalue weighted by atomic mass is 10.1. The van der Waals surface area contributed by atoms with Crippen LogP contribution in [0.3, 0.4) is 0 Å². The van der Waals surface area contributed by atoms with Gasteiger partial charge in [-0.1, -0.05) is 6.92 Å². The van der Waals surface area contributed by atoms with Gasteiger partial charge in [-0.3, -0.25) is 4.68 Å². The van der Waals surface area contributed by atoms with E-state index in [1.165, 1.54) is 0 Å². The molecule has 1 rings (SSSR count). The lowest BCUT2D eigenvalue weighted by Gasteiger charge is -2.23. The van der Waals surface area contributed by atoms with Crippen LogP contribution in [0.15, 0.2) is 6.20 Å². The molecule has 1 heterocycles. The zero-order chi connectivity index (χ0) is 15.8. The van der Waals surface area contributed by atoms with Crippen molar-refractivity contribution in [1.82, 2.24) is 24.9 Å². The summed E-state index contributed by atoms with van der Waals surface area (Å²) in [5, 5.41) is 8.06. The Kier molecular flexibility index (Phi) is 7.71. The molecule has 122 valence electrons. The molecule has 0 bridgehead atoms. The average molecular weight is 297 g/mol. The summed E-state index contributed by atoms with van der Waals surface area (Å²) in [5.41, 5.74) is 1.16. The van der Waals surface area contributed by atoms with Gasteiger partial charge in [0.25, 0.3) is 0 Å². The number of nitrogens with one attached hydrogen (secondary N) is 1. The largest absolute Gasteiger partial charge is 0.493 e. The third-order valence-electron chi connectivity index (χ3n) is 3.47. The van der Waals surface area contributed by atoms with Gasteiger partial charge in [0.15, 0.2) is 5.75 Å². The SMILES string of the molecule is CCNC(CCN(C)C)c1c(OC)cnn1CCN(C)C. The predicted molar refractivity (Wildman–Crippen MR) is 86.9 cm³/mol. The van der Waals surface area contributed by atoms with E-state index in [-0.39, 0.29) is 6.04 Å². The smallest absolute Gasteiger partial charge is 0.161 e. The molecule has 1 N–H and O–H groups in total. The molecule has 0 aromatic carbocycles. The molecule has 0 fully saturated rings. The molecule has 21 heavy (non-hydrogen) atoms. The summed E-state index contributed by atoms with van der Waals surface area (Å²) in [6, 6.07) is 0.261. The molecule has 0 saturated carbocycles. The van der Waals surface area contributed by atoms with Gasteiger partial charge in [0, 0.05) is 6.54 Å². The molecule has 0 aliphatic carbocycles. The van der Waals surface area contributed by atoms with Crippen molar-refractivity contribution in [2.75, 3.05) is 54.9 Å². The molecule has 1 aromatic rings. The average Bonchev–Trinajstić information content (AvgIpc) is 2.83. The molecule has 1 aromatic heterocycles. The fraction of sp³-hybridized carbons (Fsp3) is 0.800. The van der Waals surface area contributed by atoms with E-state index in [4.69, 9.17) is 4.74 Å². The molecule has 0 aliphatic rings. The molecule has 1 atom stereocenters. The molecule has 6 nitrogen and oxygen atoms in total. The quantitative estimate of drug-likeness (QED) is 0.699. The minimum Gasteiger partial charge on any atom is -0.493 e. The van der Waals surface area contributed by atoms with Crippen LogP contribution < -0.4 is 10.1 Å². The zero-order valence-electron chi connectivity index (χ0n) is 14.4. The van der Waals surface area contributed by atoms with Crippen molar-refractivity contribution in [3.05, 3.63) is 11.9 Å². The molecular formula is C15H31N5O. The Morgan fingerprint density at radius 1 is 1.24 bits per heavy atom. The van der Waals surface area contributed by atoms with Gasteiger partial charge in [-0.15, -0.1) is 0 Å². The van der Waals surface area contributed by atoms with E-state index in [2.05, 4.69) is 60.0 Å². The van der Waals surface area contributed by atoms with E-state index >= 15 is 0 Å². The van der Waals surface area contributed by atoms with Crippen LogP contribution in [0.5, 0.6) is 5.75 Å². The lowest BCUT2D eigenvalue weighted by Crippen LogP contribution is -2.29. The van der Waals surface area contributed by atoms with Gasteiger partial charge in [0.2, 0.25) is 0 Å². The van der Waals surface area contributed by atoms with Crippen LogP contribution in [0.4, 0.5) is 0 Å². The topological polar surface area (TPSA) is 45.6 Å². The fourth-order valence-electron chi connectivity index (χ4n) is 2.33. The van der Waals surface area contributed by atoms with Crippen LogP contribution in [0, 0.1) is 0 Å². The first-order valence-electron chi connectivity index (χ1n) is 7.62. The molecule has 0 spiro atoms. The molecule has 0 radical (unpaired) electrons. The van der Waals surface area contributed by atoms with Gasteiger partial charge in [0.05, 0.1) is 31.6 Å². The number of likely N-dealkylation sites (N-methyl/N-ethyl adjacent to an activating group) is 1. The van der Waals surface area contributed by atoms with Crippen molar-refractivity contribution in [1.29, 1.82) is 0 Å². The Morgan fingerprint density at radius 2 is 1.90 bits per heavy atom. The highest BCUT2D eigenvalue weighted by molar-refractivity contribution is 5.28. The summed E-state index contributed by atoms with van der Waals surface area (Å²) in [7, 11) is 10.1. The molecule has 0 aliphatic heterocycles. The second kappa shape index (κ2) is 9.02. The van der Waals surface area contributed by atoms with E-state index in [9.17, 15) is 0 Å². The Morgan fingerprint density at radius 3 is 2.43 bits per heavy atom. The van der Waals surface area contributed by atoms with Crippen molar-refractivity contribution >= 4 is 0 Å². The Hall–Kier alpha value is -1.11. The van der Waals surface area contributed by atoms with Gasteiger partial charge in [-0.25, -0.2) is 0 Å². The fourth-order valence-corrected chi connectivity index (χ4v) is 2.33. The number of hydrogen-bond donors (Lipinski definition) is 1. The first kappa shape index (κ1) is 17.9. The highest BCUT2D eigenvalue weighted by Crippen LogP contribution is 2.27. The number of methoxy groups -OCH3 is 1. The first-order chi connectivity index (χ1) is 9.99. The molecule has 0 amide bonds. The van der Waals surface area contributed by atoms with E-state index in [0.29, 0.717) is 0 Å². The van der Waals surface area contributed by atoms with Crippen LogP contribution in [0.25, 0.3) is 0 Å². The van der Waals surface area contributed by atoms with Gasteiger partial charge in [-0.05, 0) is 47.7 Å². The third-order valence-corrected chi connectivity index (χ3v) is 3.47. The van der Waals surface area contributed by atoms with Crippen molar-refractivity contribution in [2.24, 2.45) is 0 Å². The zero-order valence-corrected chi connectivity index (χ0v) is 14.4. The van der Waals surface area contributed by atoms with Gasteiger partial charge < -0.3 is 19.9 Å². The van der Waals surface area contributed by atoms with Crippen LogP contribution in [0.2, 0.25) is 0 Å². The second-order valence-electron chi connectivity index (χ2n) is 5.83. The maximum atomic E-state index is 5.52. The highest BCUT2D eigenvalue weighted by atomic mass is 16.5. The van der Waals surface area contributed by atoms with Crippen LogP contribution in [-0.4, -0.2) is 74.5 Å². The number of rotatable bonds is 10. The van der Waals surface area contributed by atoms with E-state index in [0.717, 1.165) is 44.0 Å². The van der Waals surface area contributed by atoms with Crippen molar-refractivity contribution in [2.45, 2.75) is 25.9 Å². The maximum absolute atomic E-state index is 5.52. The number of aromatic nitrogens is 2. The Labute approximate surface area is 129 Å². The standard InChI is InChI=1S/C15H31N5O/c1-7-16-13(8-9-18(2)3)15-14(21-6)12-17-20(15)11-10-19(4)5/h12-13,16H,7-11H2,1-6H3. The summed E-state index contributed by atoms with van der Waals surface area (Å²) in [6.45, 7) is 5.93. The van der Waals surface area contributed by atoms with Gasteiger partial charge in [0.1, 0.15) is 0 Å². The van der Waals surface area contributed by atoms with Crippen molar-refractivity contribution < 1.29 is 4.74 Å². The minimum absolute atomic E-state index is 0.261. The third kappa shape index (κ3) is 5.65. The molecular weight excluding hydrogens is 266 g/mol. The summed E-state index contributed by atoms with van der Waals surface area (Å²) in [4.78, 5) is 4.37. The first-order valence-corrected chi connectivity index (χ1v) is 7.62. The van der Waals surface area contributed by atoms with Gasteiger partial charge in [-0.2, -0.15) is 5.10 Å². The maximum Gasteiger partial charge on any atom is 0.161 e. The van der Waals surface area contributed by atoms with Crippen LogP contribution in [0.1, 0.15) is 25.1 Å². The summed E-state index contributed by atoms with van der Waals surface area (Å²) >= 11 is 0. The van der Waals surface area contributed by atoms with Crippen LogP contribution in [-0.2, 0) is 6.54 Å². The second-order valence-corrected chi connectivity index (χ2v) is 5.83. The van der Waals surface area contributed by atoms with E-state index in [1.807, 2.05) is 6.20 Å². The number of nitrogens with zero attached hydrogens (tertiary/aromatic N) is 4. The number of hydrogen-bond acceptors (Lipinski definition) is 5. The number of ether oxygens (including phenoxy) is 1. The Bertz CT molecular complexity index is 403. The summed E-state index contributed by atoms with van der Waals surface area (Å²) in [5.74, 6) is 0.874. The van der Waals surface area contributed by atoms with Crippen molar-refractivity contribution in [3.63, 3.8) is 0 Å². The molecule has 6 heteroatoms. The normalized spacial score (nSPS) is 13.1. The van der Waals surface area contributed by atoms with E-state index < -0.39 is 0 Å². The summed E-state index contributed by atoms with van der Waals surface area (Å²) in [6.07, 6.45) is 2.86. The van der Waals surface area contributed by atoms with Crippen LogP contribution >= 0.6 is 0 Å². The highest BCUT2D eigenvalue weighted by Gasteiger charge is 2.21.